The first-order chi connectivity index (χ1) is 23.4. The van der Waals surface area contributed by atoms with Gasteiger partial charge in [0.2, 0.25) is 0 Å². The maximum absolute atomic E-state index is 13.9. The van der Waals surface area contributed by atoms with Gasteiger partial charge in [-0.1, -0.05) is 53.4 Å². The van der Waals surface area contributed by atoms with Crippen molar-refractivity contribution in [1.82, 2.24) is 20.9 Å². The van der Waals surface area contributed by atoms with Gasteiger partial charge < -0.3 is 26.8 Å². The van der Waals surface area contributed by atoms with Crippen molar-refractivity contribution < 1.29 is 19.1 Å². The van der Waals surface area contributed by atoms with E-state index in [0.717, 1.165) is 42.4 Å². The van der Waals surface area contributed by atoms with Crippen LogP contribution in [0, 0.1) is 17.7 Å². The summed E-state index contributed by atoms with van der Waals surface area (Å²) in [6.07, 6.45) is 11.0. The minimum Gasteiger partial charge on any atom is -0.404 e. The van der Waals surface area contributed by atoms with E-state index in [1.807, 2.05) is 37.4 Å². The van der Waals surface area contributed by atoms with Gasteiger partial charge in [0.15, 0.2) is 0 Å². The Morgan fingerprint density at radius 3 is 2.51 bits per heavy atom. The molecule has 6 N–H and O–H groups in total. The van der Waals surface area contributed by atoms with Crippen molar-refractivity contribution in [1.29, 1.82) is 0 Å². The van der Waals surface area contributed by atoms with Gasteiger partial charge in [0.05, 0.1) is 23.7 Å². The second kappa shape index (κ2) is 17.0. The molecule has 0 atom stereocenters. The Hall–Kier alpha value is -4.82. The maximum atomic E-state index is 13.9. The molecule has 11 heteroatoms. The van der Waals surface area contributed by atoms with Gasteiger partial charge >= 0.3 is 11.8 Å². The average molecular weight is 685 g/mol. The van der Waals surface area contributed by atoms with Gasteiger partial charge in [-0.15, -0.1) is 0 Å². The molecule has 2 amide bonds. The Labute approximate surface area is 292 Å². The number of carbonyl (C=O) groups is 2. The number of rotatable bonds is 10. The highest BCUT2D eigenvalue weighted by molar-refractivity contribution is 6.35. The number of nitrogens with zero attached hydrogens (tertiary/aromatic N) is 2. The first-order valence-corrected chi connectivity index (χ1v) is 16.4. The Morgan fingerprint density at radius 1 is 1.12 bits per heavy atom. The molecule has 0 aliphatic heterocycles. The molecule has 5 rings (SSSR count). The molecule has 49 heavy (non-hydrogen) atoms. The van der Waals surface area contributed by atoms with Gasteiger partial charge in [-0.3, -0.25) is 14.6 Å². The zero-order valence-electron chi connectivity index (χ0n) is 27.9. The average Bonchev–Trinajstić information content (AvgIpc) is 4.01. The lowest BCUT2D eigenvalue weighted by molar-refractivity contribution is -0.139. The monoisotopic (exact) mass is 684 g/mol. The Balaban J connectivity index is 0.000000226. The van der Waals surface area contributed by atoms with E-state index in [4.69, 9.17) is 17.3 Å². The lowest BCUT2D eigenvalue weighted by Gasteiger charge is -2.16. The molecule has 0 saturated heterocycles. The number of hydrogen-bond donors (Lipinski definition) is 5. The van der Waals surface area contributed by atoms with Crippen LogP contribution in [0.1, 0.15) is 67.5 Å². The van der Waals surface area contributed by atoms with Crippen LogP contribution in [-0.4, -0.2) is 53.9 Å². The normalized spacial score (nSPS) is 14.6. The molecule has 256 valence electrons. The number of allylic oxidation sites excluding steroid dienone is 2. The Morgan fingerprint density at radius 2 is 1.86 bits per heavy atom. The predicted octanol–water partition coefficient (Wildman–Crippen LogP) is 4.87. The summed E-state index contributed by atoms with van der Waals surface area (Å²) in [4.78, 5) is 32.0. The number of aliphatic imine (C=N–C) groups is 1. The second-order valence-electron chi connectivity index (χ2n) is 12.5. The highest BCUT2D eigenvalue weighted by atomic mass is 35.5. The van der Waals surface area contributed by atoms with Crippen LogP contribution in [0.15, 0.2) is 77.6 Å². The molecule has 0 unspecified atom stereocenters. The lowest BCUT2D eigenvalue weighted by Crippen LogP contribution is -2.39. The molecule has 2 fully saturated rings. The minimum atomic E-state index is -0.881. The van der Waals surface area contributed by atoms with Crippen molar-refractivity contribution in [3.05, 3.63) is 111 Å². The molecule has 0 spiro atoms. The summed E-state index contributed by atoms with van der Waals surface area (Å²) in [7, 11) is 1.89. The van der Waals surface area contributed by atoms with Crippen LogP contribution in [0.4, 0.5) is 4.39 Å². The number of amides is 2. The zero-order chi connectivity index (χ0) is 35.4. The van der Waals surface area contributed by atoms with Crippen molar-refractivity contribution >= 4 is 41.3 Å². The maximum Gasteiger partial charge on any atom is 0.310 e. The quantitative estimate of drug-likeness (QED) is 0.117. The Bertz CT molecular complexity index is 1810. The van der Waals surface area contributed by atoms with Crippen molar-refractivity contribution in [3.63, 3.8) is 0 Å². The van der Waals surface area contributed by atoms with Crippen LogP contribution in [-0.2, 0) is 21.7 Å². The number of aromatic nitrogens is 1. The molecule has 0 bridgehead atoms. The fourth-order valence-electron chi connectivity index (χ4n) is 4.76. The van der Waals surface area contributed by atoms with E-state index in [2.05, 4.69) is 43.8 Å². The fraction of sp³-hybridized carbons (Fsp3) is 0.316. The van der Waals surface area contributed by atoms with Crippen molar-refractivity contribution in [3.8, 4) is 11.8 Å². The number of carbonyl (C=O) groups excluding carboxylic acids is 2. The third-order valence-corrected chi connectivity index (χ3v) is 8.11. The molecule has 3 aromatic rings. The van der Waals surface area contributed by atoms with Gasteiger partial charge in [0.1, 0.15) is 11.5 Å². The van der Waals surface area contributed by atoms with E-state index in [9.17, 15) is 19.1 Å². The van der Waals surface area contributed by atoms with E-state index in [1.165, 1.54) is 17.8 Å². The van der Waals surface area contributed by atoms with Crippen LogP contribution in [0.25, 0.3) is 11.6 Å². The third kappa shape index (κ3) is 11.7. The van der Waals surface area contributed by atoms with Crippen LogP contribution in [0.2, 0.25) is 5.02 Å². The fourth-order valence-corrected chi connectivity index (χ4v) is 4.93. The summed E-state index contributed by atoms with van der Waals surface area (Å²) >= 11 is 5.94. The number of nitrogens with two attached hydrogens (primary N) is 1. The molecule has 2 aromatic carbocycles. The molecule has 2 aliphatic carbocycles. The summed E-state index contributed by atoms with van der Waals surface area (Å²) in [5.74, 6) is 3.77. The number of aliphatic hydroxyl groups is 1. The number of nitrogens with one attached hydrogen (secondary N) is 3. The van der Waals surface area contributed by atoms with E-state index in [0.29, 0.717) is 28.4 Å². The molecule has 2 saturated carbocycles. The van der Waals surface area contributed by atoms with E-state index in [1.54, 1.807) is 44.5 Å². The highest BCUT2D eigenvalue weighted by Crippen LogP contribution is 2.45. The smallest absolute Gasteiger partial charge is 0.310 e. The van der Waals surface area contributed by atoms with E-state index >= 15 is 0 Å². The van der Waals surface area contributed by atoms with Gasteiger partial charge in [-0.25, -0.2) is 9.37 Å². The first kappa shape index (κ1) is 37.0. The molecule has 9 nitrogen and oxygen atoms in total. The van der Waals surface area contributed by atoms with Gasteiger partial charge in [0.25, 0.3) is 0 Å². The number of benzene rings is 2. The van der Waals surface area contributed by atoms with Gasteiger partial charge in [-0.05, 0) is 105 Å². The molecule has 2 aliphatic rings. The molecule has 0 radical (unpaired) electrons. The largest absolute Gasteiger partial charge is 0.404 e. The van der Waals surface area contributed by atoms with Crippen LogP contribution >= 0.6 is 11.6 Å². The summed E-state index contributed by atoms with van der Waals surface area (Å²) < 4.78 is 13.9. The van der Waals surface area contributed by atoms with Crippen molar-refractivity contribution in [2.45, 2.75) is 57.2 Å². The van der Waals surface area contributed by atoms with Gasteiger partial charge in [0, 0.05) is 36.3 Å². The van der Waals surface area contributed by atoms with Crippen molar-refractivity contribution in [2.75, 3.05) is 20.1 Å². The van der Waals surface area contributed by atoms with E-state index in [-0.39, 0.29) is 24.4 Å². The second-order valence-corrected chi connectivity index (χ2v) is 12.9. The summed E-state index contributed by atoms with van der Waals surface area (Å²) in [6.45, 7) is 3.94. The minimum absolute atomic E-state index is 0.0296. The lowest BCUT2D eigenvalue weighted by atomic mass is 9.98. The van der Waals surface area contributed by atoms with Crippen LogP contribution in [0.3, 0.4) is 0 Å². The van der Waals surface area contributed by atoms with Crippen LogP contribution in [0.5, 0.6) is 0 Å². The topological polar surface area (TPSA) is 142 Å². The highest BCUT2D eigenvalue weighted by Gasteiger charge is 2.43. The Kier molecular flexibility index (Phi) is 12.9. The third-order valence-electron chi connectivity index (χ3n) is 7.80. The predicted molar refractivity (Wildman–Crippen MR) is 193 cm³/mol. The van der Waals surface area contributed by atoms with E-state index < -0.39 is 17.4 Å². The van der Waals surface area contributed by atoms with Crippen molar-refractivity contribution in [2.24, 2.45) is 10.7 Å². The molecule has 1 aromatic heterocycles. The SMILES string of the molecule is CNC1(c2cc(F)cc(/C(C=NCC(C)(C)O)=C/N)c2)CC1.O=C(NCC#Cc1ncccc1Cl)C(=O)NCc1ccccc1C=C1CC1. The number of pyridine rings is 1. The molecular weight excluding hydrogens is 643 g/mol. The summed E-state index contributed by atoms with van der Waals surface area (Å²) in [5.41, 5.74) is 10.8. The number of halogens is 2. The number of hydrogen-bond acceptors (Lipinski definition) is 7. The standard InChI is InChI=1S/C21H18ClN3O2.C17H24FN3O/c22-18-7-3-11-23-19(18)8-4-12-24-20(26)21(27)25-14-17-6-2-1-5-16(17)13-15-9-10-15;1-16(2,22)11-21-10-13(9-19)12-6-14(8-15(18)7-12)17(20-3)4-5-17/h1-3,5-7,11,13H,9-10,12,14H2,(H,24,26)(H,25,27);6-10,20,22H,4-5,11,19H2,1-3H3/b;13-9+,21-10?. The molecular formula is C38H42ClFN6O3. The van der Waals surface area contributed by atoms with Crippen LogP contribution < -0.4 is 21.7 Å². The van der Waals surface area contributed by atoms with Gasteiger partial charge in [-0.2, -0.15) is 0 Å². The summed E-state index contributed by atoms with van der Waals surface area (Å²) in [5, 5.41) is 18.5. The summed E-state index contributed by atoms with van der Waals surface area (Å²) in [6, 6.07) is 16.2. The molecule has 1 heterocycles. The zero-order valence-corrected chi connectivity index (χ0v) is 28.7. The first-order valence-electron chi connectivity index (χ1n) is 16.0.